The van der Waals surface area contributed by atoms with E-state index in [9.17, 15) is 9.59 Å². The first-order valence-electron chi connectivity index (χ1n) is 6.78. The lowest BCUT2D eigenvalue weighted by atomic mass is 10.1. The van der Waals surface area contributed by atoms with Gasteiger partial charge in [-0.15, -0.1) is 0 Å². The highest BCUT2D eigenvalue weighted by Crippen LogP contribution is 2.25. The number of para-hydroxylation sites is 2. The lowest BCUT2D eigenvalue weighted by Gasteiger charge is -2.09. The molecule has 0 spiro atoms. The fourth-order valence-corrected chi connectivity index (χ4v) is 1.82. The summed E-state index contributed by atoms with van der Waals surface area (Å²) in [7, 11) is 1.49. The molecule has 2 aromatic carbocycles. The van der Waals surface area contributed by atoms with E-state index in [4.69, 9.17) is 9.47 Å². The van der Waals surface area contributed by atoms with Crippen molar-refractivity contribution in [3.05, 3.63) is 59.7 Å². The molecule has 0 aliphatic carbocycles. The molecule has 0 bridgehead atoms. The number of rotatable bonds is 5. The summed E-state index contributed by atoms with van der Waals surface area (Å²) < 4.78 is 10.3. The largest absolute Gasteiger partial charge is 0.493 e. The van der Waals surface area contributed by atoms with Crippen LogP contribution in [0.25, 0.3) is 0 Å². The minimum absolute atomic E-state index is 0.218. The second-order valence-electron chi connectivity index (χ2n) is 4.67. The first kappa shape index (κ1) is 15.6. The molecule has 0 fully saturated rings. The van der Waals surface area contributed by atoms with Crippen molar-refractivity contribution in [2.45, 2.75) is 6.92 Å². The van der Waals surface area contributed by atoms with Gasteiger partial charge in [0.1, 0.15) is 6.54 Å². The highest BCUT2D eigenvalue weighted by atomic mass is 16.6. The van der Waals surface area contributed by atoms with Crippen LogP contribution in [-0.2, 0) is 4.79 Å². The quantitative estimate of drug-likeness (QED) is 0.680. The van der Waals surface area contributed by atoms with Crippen LogP contribution in [0.2, 0.25) is 0 Å². The van der Waals surface area contributed by atoms with Crippen LogP contribution >= 0.6 is 0 Å². The molecule has 114 valence electrons. The monoisotopic (exact) mass is 299 g/mol. The van der Waals surface area contributed by atoms with Crippen LogP contribution in [0, 0.1) is 6.92 Å². The van der Waals surface area contributed by atoms with E-state index in [-0.39, 0.29) is 12.5 Å². The molecular formula is C17H17NO4. The van der Waals surface area contributed by atoms with Gasteiger partial charge in [-0.1, -0.05) is 29.8 Å². The van der Waals surface area contributed by atoms with Crippen LogP contribution in [0.1, 0.15) is 15.9 Å². The summed E-state index contributed by atoms with van der Waals surface area (Å²) in [6, 6.07) is 13.9. The second kappa shape index (κ2) is 7.26. The molecule has 0 aliphatic rings. The molecule has 22 heavy (non-hydrogen) atoms. The lowest BCUT2D eigenvalue weighted by molar-refractivity contribution is -0.133. The number of benzene rings is 2. The van der Waals surface area contributed by atoms with Gasteiger partial charge in [0.25, 0.3) is 5.91 Å². The SMILES string of the molecule is COc1ccccc1OC(=O)CNC(=O)c1ccc(C)cc1. The summed E-state index contributed by atoms with van der Waals surface area (Å²) in [5.74, 6) is -0.109. The maximum absolute atomic E-state index is 11.9. The highest BCUT2D eigenvalue weighted by Gasteiger charge is 2.11. The number of esters is 1. The number of carbonyl (C=O) groups is 2. The molecule has 1 N–H and O–H groups in total. The summed E-state index contributed by atoms with van der Waals surface area (Å²) in [6.45, 7) is 1.72. The molecule has 5 nitrogen and oxygen atoms in total. The Kier molecular flexibility index (Phi) is 5.14. The van der Waals surface area contributed by atoms with Gasteiger partial charge in [-0.05, 0) is 31.2 Å². The number of carbonyl (C=O) groups excluding carboxylic acids is 2. The number of amides is 1. The van der Waals surface area contributed by atoms with E-state index in [1.807, 2.05) is 19.1 Å². The molecule has 0 aliphatic heterocycles. The van der Waals surface area contributed by atoms with Crippen LogP contribution in [0.5, 0.6) is 11.5 Å². The Balaban J connectivity index is 1.90. The fraction of sp³-hybridized carbons (Fsp3) is 0.176. The van der Waals surface area contributed by atoms with Gasteiger partial charge in [0.2, 0.25) is 0 Å². The standard InChI is InChI=1S/C17H17NO4/c1-12-7-9-13(10-8-12)17(20)18-11-16(19)22-15-6-4-3-5-14(15)21-2/h3-10H,11H2,1-2H3,(H,18,20). The number of ether oxygens (including phenoxy) is 2. The minimum atomic E-state index is -0.565. The maximum Gasteiger partial charge on any atom is 0.330 e. The predicted molar refractivity (Wildman–Crippen MR) is 82.1 cm³/mol. The minimum Gasteiger partial charge on any atom is -0.493 e. The van der Waals surface area contributed by atoms with Crippen molar-refractivity contribution in [3.63, 3.8) is 0 Å². The van der Waals surface area contributed by atoms with E-state index in [0.717, 1.165) is 5.56 Å². The number of aryl methyl sites for hydroxylation is 1. The third kappa shape index (κ3) is 4.09. The van der Waals surface area contributed by atoms with Gasteiger partial charge in [-0.3, -0.25) is 4.79 Å². The van der Waals surface area contributed by atoms with Crippen molar-refractivity contribution >= 4 is 11.9 Å². The van der Waals surface area contributed by atoms with E-state index in [1.165, 1.54) is 7.11 Å². The van der Waals surface area contributed by atoms with Crippen LogP contribution in [0.4, 0.5) is 0 Å². The Morgan fingerprint density at radius 3 is 2.27 bits per heavy atom. The van der Waals surface area contributed by atoms with Crippen molar-refractivity contribution in [1.82, 2.24) is 5.32 Å². The molecule has 0 heterocycles. The zero-order valence-electron chi connectivity index (χ0n) is 12.5. The van der Waals surface area contributed by atoms with E-state index < -0.39 is 5.97 Å². The van der Waals surface area contributed by atoms with E-state index >= 15 is 0 Å². The maximum atomic E-state index is 11.9. The molecule has 2 aromatic rings. The Bertz CT molecular complexity index is 665. The number of methoxy groups -OCH3 is 1. The topological polar surface area (TPSA) is 64.6 Å². The average Bonchev–Trinajstić information content (AvgIpc) is 2.54. The summed E-state index contributed by atoms with van der Waals surface area (Å²) in [5.41, 5.74) is 1.56. The normalized spacial score (nSPS) is 9.91. The third-order valence-corrected chi connectivity index (χ3v) is 3.00. The Morgan fingerprint density at radius 2 is 1.64 bits per heavy atom. The van der Waals surface area contributed by atoms with Gasteiger partial charge in [-0.2, -0.15) is 0 Å². The Morgan fingerprint density at radius 1 is 1.00 bits per heavy atom. The smallest absolute Gasteiger partial charge is 0.330 e. The van der Waals surface area contributed by atoms with Gasteiger partial charge in [0.05, 0.1) is 7.11 Å². The molecule has 0 saturated carbocycles. The van der Waals surface area contributed by atoms with Crippen LogP contribution in [-0.4, -0.2) is 25.5 Å². The molecule has 0 aromatic heterocycles. The van der Waals surface area contributed by atoms with E-state index in [2.05, 4.69) is 5.32 Å². The van der Waals surface area contributed by atoms with Crippen LogP contribution < -0.4 is 14.8 Å². The predicted octanol–water partition coefficient (Wildman–Crippen LogP) is 2.34. The van der Waals surface area contributed by atoms with Crippen molar-refractivity contribution in [1.29, 1.82) is 0 Å². The molecule has 0 radical (unpaired) electrons. The summed E-state index contributed by atoms with van der Waals surface area (Å²) >= 11 is 0. The van der Waals surface area contributed by atoms with Gasteiger partial charge in [-0.25, -0.2) is 4.79 Å². The van der Waals surface area contributed by atoms with Crippen LogP contribution in [0.15, 0.2) is 48.5 Å². The highest BCUT2D eigenvalue weighted by molar-refractivity contribution is 5.96. The number of nitrogens with one attached hydrogen (secondary N) is 1. The van der Waals surface area contributed by atoms with Crippen molar-refractivity contribution in [2.24, 2.45) is 0 Å². The second-order valence-corrected chi connectivity index (χ2v) is 4.67. The summed E-state index contributed by atoms with van der Waals surface area (Å²) in [6.07, 6.45) is 0. The molecule has 2 rings (SSSR count). The Hall–Kier alpha value is -2.82. The van der Waals surface area contributed by atoms with Crippen molar-refractivity contribution < 1.29 is 19.1 Å². The number of hydrogen-bond donors (Lipinski definition) is 1. The zero-order chi connectivity index (χ0) is 15.9. The molecule has 0 saturated heterocycles. The molecule has 5 heteroatoms. The van der Waals surface area contributed by atoms with Gasteiger partial charge >= 0.3 is 5.97 Å². The third-order valence-electron chi connectivity index (χ3n) is 3.00. The van der Waals surface area contributed by atoms with E-state index in [0.29, 0.717) is 17.1 Å². The molecule has 1 amide bonds. The molecule has 0 unspecified atom stereocenters. The first-order chi connectivity index (χ1) is 10.6. The lowest BCUT2D eigenvalue weighted by Crippen LogP contribution is -2.31. The Labute approximate surface area is 128 Å². The van der Waals surface area contributed by atoms with Gasteiger partial charge < -0.3 is 14.8 Å². The van der Waals surface area contributed by atoms with Crippen molar-refractivity contribution in [3.8, 4) is 11.5 Å². The summed E-state index contributed by atoms with van der Waals surface area (Å²) in [4.78, 5) is 23.7. The first-order valence-corrected chi connectivity index (χ1v) is 6.78. The van der Waals surface area contributed by atoms with Gasteiger partial charge in [0.15, 0.2) is 11.5 Å². The fourth-order valence-electron chi connectivity index (χ4n) is 1.82. The van der Waals surface area contributed by atoms with E-state index in [1.54, 1.807) is 36.4 Å². The molecular weight excluding hydrogens is 282 g/mol. The van der Waals surface area contributed by atoms with Crippen molar-refractivity contribution in [2.75, 3.05) is 13.7 Å². The zero-order valence-corrected chi connectivity index (χ0v) is 12.5. The average molecular weight is 299 g/mol. The van der Waals surface area contributed by atoms with Crippen LogP contribution in [0.3, 0.4) is 0 Å². The van der Waals surface area contributed by atoms with Gasteiger partial charge in [0, 0.05) is 5.56 Å². The molecule has 0 atom stereocenters. The number of hydrogen-bond acceptors (Lipinski definition) is 4. The summed E-state index contributed by atoms with van der Waals surface area (Å²) in [5, 5.41) is 2.52.